The van der Waals surface area contributed by atoms with E-state index in [-0.39, 0.29) is 11.5 Å². The predicted molar refractivity (Wildman–Crippen MR) is 134 cm³/mol. The zero-order chi connectivity index (χ0) is 23.1. The van der Waals surface area contributed by atoms with Crippen LogP contribution in [0.1, 0.15) is 0 Å². The van der Waals surface area contributed by atoms with E-state index in [9.17, 15) is 10.2 Å². The first-order valence-corrected chi connectivity index (χ1v) is 10.9. The van der Waals surface area contributed by atoms with Gasteiger partial charge in [0.1, 0.15) is 11.5 Å². The van der Waals surface area contributed by atoms with Gasteiger partial charge in [0.05, 0.1) is 5.56 Å². The van der Waals surface area contributed by atoms with E-state index in [1.807, 2.05) is 48.5 Å². The van der Waals surface area contributed by atoms with Crippen LogP contribution in [0.2, 0.25) is 0 Å². The molecule has 0 fully saturated rings. The summed E-state index contributed by atoms with van der Waals surface area (Å²) in [4.78, 5) is 14.2. The van der Waals surface area contributed by atoms with Crippen molar-refractivity contribution in [2.45, 2.75) is 0 Å². The highest BCUT2D eigenvalue weighted by atomic mass is 16.3. The zero-order valence-corrected chi connectivity index (χ0v) is 18.1. The van der Waals surface area contributed by atoms with Crippen molar-refractivity contribution in [3.8, 4) is 45.7 Å². The van der Waals surface area contributed by atoms with Gasteiger partial charge in [-0.3, -0.25) is 0 Å². The monoisotopic (exact) mass is 441 g/mol. The van der Waals surface area contributed by atoms with E-state index in [2.05, 4.69) is 36.4 Å². The molecule has 34 heavy (non-hydrogen) atoms. The van der Waals surface area contributed by atoms with E-state index in [0.717, 1.165) is 32.7 Å². The van der Waals surface area contributed by atoms with Gasteiger partial charge in [-0.2, -0.15) is 0 Å². The van der Waals surface area contributed by atoms with Crippen molar-refractivity contribution < 1.29 is 10.2 Å². The SMILES string of the molecule is Oc1ccc(-c2nc(-c3ccc4ccccc4c3)nc(-c3ccc4ccccc4c3)n2)c(O)c1. The summed E-state index contributed by atoms with van der Waals surface area (Å²) in [7, 11) is 0. The maximum atomic E-state index is 10.5. The van der Waals surface area contributed by atoms with Crippen LogP contribution in [-0.4, -0.2) is 25.2 Å². The van der Waals surface area contributed by atoms with Crippen molar-refractivity contribution in [3.05, 3.63) is 103 Å². The summed E-state index contributed by atoms with van der Waals surface area (Å²) in [6, 6.07) is 32.8. The number of aromatic nitrogens is 3. The molecule has 6 aromatic rings. The maximum absolute atomic E-state index is 10.5. The highest BCUT2D eigenvalue weighted by molar-refractivity contribution is 5.88. The van der Waals surface area contributed by atoms with Crippen LogP contribution in [0.4, 0.5) is 0 Å². The molecule has 1 heterocycles. The van der Waals surface area contributed by atoms with Gasteiger partial charge in [0.15, 0.2) is 17.5 Å². The number of hydrogen-bond acceptors (Lipinski definition) is 5. The minimum atomic E-state index is -0.0971. The molecule has 5 nitrogen and oxygen atoms in total. The van der Waals surface area contributed by atoms with Gasteiger partial charge in [0.25, 0.3) is 0 Å². The number of rotatable bonds is 3. The third-order valence-corrected chi connectivity index (χ3v) is 5.87. The Morgan fingerprint density at radius 3 is 1.47 bits per heavy atom. The van der Waals surface area contributed by atoms with Crippen molar-refractivity contribution in [3.63, 3.8) is 0 Å². The molecule has 6 rings (SSSR count). The minimum absolute atomic E-state index is 0.0280. The van der Waals surface area contributed by atoms with Crippen molar-refractivity contribution in [2.24, 2.45) is 0 Å². The average molecular weight is 441 g/mol. The largest absolute Gasteiger partial charge is 0.508 e. The molecule has 0 amide bonds. The highest BCUT2D eigenvalue weighted by Crippen LogP contribution is 2.33. The zero-order valence-electron chi connectivity index (χ0n) is 18.1. The molecule has 0 radical (unpaired) electrons. The van der Waals surface area contributed by atoms with E-state index in [1.165, 1.54) is 12.1 Å². The fraction of sp³-hybridized carbons (Fsp3) is 0. The number of hydrogen-bond donors (Lipinski definition) is 2. The van der Waals surface area contributed by atoms with E-state index in [4.69, 9.17) is 15.0 Å². The van der Waals surface area contributed by atoms with Gasteiger partial charge in [-0.25, -0.2) is 15.0 Å². The van der Waals surface area contributed by atoms with Crippen molar-refractivity contribution >= 4 is 21.5 Å². The lowest BCUT2D eigenvalue weighted by Crippen LogP contribution is -2.00. The Balaban J connectivity index is 1.58. The molecule has 0 saturated carbocycles. The number of fused-ring (bicyclic) bond motifs is 2. The predicted octanol–water partition coefficient (Wildman–Crippen LogP) is 6.59. The Kier molecular flexibility index (Phi) is 4.66. The number of aromatic hydroxyl groups is 2. The molecule has 0 bridgehead atoms. The summed E-state index contributed by atoms with van der Waals surface area (Å²) in [6.07, 6.45) is 0. The van der Waals surface area contributed by atoms with Crippen LogP contribution in [0.15, 0.2) is 103 Å². The molecular formula is C29H19N3O2. The second kappa shape index (κ2) is 7.98. The van der Waals surface area contributed by atoms with Gasteiger partial charge in [-0.05, 0) is 45.8 Å². The fourth-order valence-corrected chi connectivity index (χ4v) is 4.12. The lowest BCUT2D eigenvalue weighted by atomic mass is 10.1. The van der Waals surface area contributed by atoms with Crippen molar-refractivity contribution in [1.29, 1.82) is 0 Å². The van der Waals surface area contributed by atoms with Crippen LogP contribution in [0.25, 0.3) is 55.7 Å². The van der Waals surface area contributed by atoms with Crippen LogP contribution in [-0.2, 0) is 0 Å². The van der Waals surface area contributed by atoms with Crippen LogP contribution < -0.4 is 0 Å². The topological polar surface area (TPSA) is 79.1 Å². The van der Waals surface area contributed by atoms with E-state index < -0.39 is 0 Å². The Morgan fingerprint density at radius 1 is 0.441 bits per heavy atom. The molecule has 162 valence electrons. The van der Waals surface area contributed by atoms with Crippen LogP contribution in [0.3, 0.4) is 0 Å². The molecule has 0 spiro atoms. The molecular weight excluding hydrogens is 422 g/mol. The molecule has 0 atom stereocenters. The number of phenols is 2. The summed E-state index contributed by atoms with van der Waals surface area (Å²) in [5, 5.41) is 24.7. The Labute approximate surface area is 195 Å². The number of nitrogens with zero attached hydrogens (tertiary/aromatic N) is 3. The first kappa shape index (κ1) is 19.9. The molecule has 0 aliphatic carbocycles. The third kappa shape index (κ3) is 3.59. The van der Waals surface area contributed by atoms with Crippen molar-refractivity contribution in [1.82, 2.24) is 15.0 Å². The Morgan fingerprint density at radius 2 is 0.941 bits per heavy atom. The minimum Gasteiger partial charge on any atom is -0.508 e. The Hall–Kier alpha value is -4.77. The van der Waals surface area contributed by atoms with Gasteiger partial charge in [0.2, 0.25) is 0 Å². The quantitative estimate of drug-likeness (QED) is 0.324. The maximum Gasteiger partial charge on any atom is 0.167 e. The molecule has 2 N–H and O–H groups in total. The summed E-state index contributed by atoms with van der Waals surface area (Å²) in [5.74, 6) is 1.22. The molecule has 0 saturated heterocycles. The summed E-state index contributed by atoms with van der Waals surface area (Å²) >= 11 is 0. The standard InChI is InChI=1S/C29H19N3O2/c33-24-13-14-25(26(34)17-24)29-31-27(22-11-9-18-5-1-3-7-20(18)15-22)30-28(32-29)23-12-10-19-6-2-4-8-21(19)16-23/h1-17,33-34H. The second-order valence-electron chi connectivity index (χ2n) is 8.13. The lowest BCUT2D eigenvalue weighted by Gasteiger charge is -2.10. The second-order valence-corrected chi connectivity index (χ2v) is 8.13. The molecule has 0 unspecified atom stereocenters. The van der Waals surface area contributed by atoms with Gasteiger partial charge in [-0.15, -0.1) is 0 Å². The highest BCUT2D eigenvalue weighted by Gasteiger charge is 2.15. The van der Waals surface area contributed by atoms with Crippen LogP contribution in [0, 0.1) is 0 Å². The third-order valence-electron chi connectivity index (χ3n) is 5.87. The van der Waals surface area contributed by atoms with Gasteiger partial charge in [-0.1, -0.05) is 72.8 Å². The van der Waals surface area contributed by atoms with E-state index >= 15 is 0 Å². The molecule has 5 aromatic carbocycles. The molecule has 0 aliphatic heterocycles. The number of phenolic OH excluding ortho intramolecular Hbond substituents is 2. The van der Waals surface area contributed by atoms with Gasteiger partial charge >= 0.3 is 0 Å². The van der Waals surface area contributed by atoms with E-state index in [0.29, 0.717) is 23.0 Å². The van der Waals surface area contributed by atoms with E-state index in [1.54, 1.807) is 6.07 Å². The van der Waals surface area contributed by atoms with Gasteiger partial charge < -0.3 is 10.2 Å². The first-order valence-electron chi connectivity index (χ1n) is 10.9. The summed E-state index contributed by atoms with van der Waals surface area (Å²) in [6.45, 7) is 0. The molecule has 1 aromatic heterocycles. The first-order chi connectivity index (χ1) is 16.6. The molecule has 5 heteroatoms. The van der Waals surface area contributed by atoms with Crippen LogP contribution >= 0.6 is 0 Å². The Bertz CT molecular complexity index is 1600. The summed E-state index contributed by atoms with van der Waals surface area (Å²) in [5.41, 5.74) is 2.12. The van der Waals surface area contributed by atoms with Gasteiger partial charge in [0, 0.05) is 17.2 Å². The lowest BCUT2D eigenvalue weighted by molar-refractivity contribution is 0.451. The fourth-order valence-electron chi connectivity index (χ4n) is 4.12. The average Bonchev–Trinajstić information content (AvgIpc) is 2.88. The van der Waals surface area contributed by atoms with Crippen molar-refractivity contribution in [2.75, 3.05) is 0 Å². The number of benzene rings is 5. The molecule has 0 aliphatic rings. The van der Waals surface area contributed by atoms with Crippen LogP contribution in [0.5, 0.6) is 11.5 Å². The smallest absolute Gasteiger partial charge is 0.167 e. The normalized spacial score (nSPS) is 11.2. The summed E-state index contributed by atoms with van der Waals surface area (Å²) < 4.78 is 0.